The van der Waals surface area contributed by atoms with Gasteiger partial charge in [-0.1, -0.05) is 60.7 Å². The van der Waals surface area contributed by atoms with Crippen molar-refractivity contribution in [1.82, 2.24) is 0 Å². The van der Waals surface area contributed by atoms with Crippen molar-refractivity contribution in [2.24, 2.45) is 11.5 Å². The molecule has 0 aliphatic rings. The minimum atomic E-state index is -4.86. The number of carbonyl (C=O) groups excluding carboxylic acids is 2. The van der Waals surface area contributed by atoms with Gasteiger partial charge in [0.05, 0.1) is 11.1 Å². The van der Waals surface area contributed by atoms with Crippen LogP contribution in [0.2, 0.25) is 0 Å². The fourth-order valence-electron chi connectivity index (χ4n) is 5.49. The van der Waals surface area contributed by atoms with Crippen LogP contribution in [0.3, 0.4) is 0 Å². The van der Waals surface area contributed by atoms with E-state index < -0.39 is 71.7 Å². The van der Waals surface area contributed by atoms with Gasteiger partial charge in [-0.05, 0) is 73.9 Å². The average Bonchev–Trinajstić information content (AvgIpc) is 3.13. The Morgan fingerprint density at radius 3 is 1.23 bits per heavy atom. The van der Waals surface area contributed by atoms with E-state index in [-0.39, 0.29) is 37.2 Å². The van der Waals surface area contributed by atoms with Crippen LogP contribution in [-0.4, -0.2) is 24.4 Å². The number of halogens is 8. The first kappa shape index (κ1) is 43.3. The molecule has 4 N–H and O–H groups in total. The Kier molecular flexibility index (Phi) is 15.4. The van der Waals surface area contributed by atoms with Crippen LogP contribution in [0.5, 0.6) is 11.5 Å². The molecule has 0 aliphatic heterocycles. The van der Waals surface area contributed by atoms with Crippen molar-refractivity contribution in [2.45, 2.75) is 75.5 Å². The summed E-state index contributed by atoms with van der Waals surface area (Å²) >= 11 is 0. The molecule has 300 valence electrons. The molecule has 4 atom stereocenters. The maximum atomic E-state index is 14.1. The van der Waals surface area contributed by atoms with E-state index in [0.717, 1.165) is 24.3 Å². The van der Waals surface area contributed by atoms with Gasteiger partial charge in [-0.3, -0.25) is 11.5 Å². The smallest absolute Gasteiger partial charge is 0.419 e. The third-order valence-corrected chi connectivity index (χ3v) is 8.19. The van der Waals surface area contributed by atoms with Gasteiger partial charge in [0.2, 0.25) is 0 Å². The van der Waals surface area contributed by atoms with E-state index >= 15 is 0 Å². The van der Waals surface area contributed by atoms with E-state index in [1.807, 2.05) is 0 Å². The minimum Gasteiger partial charge on any atom is -0.486 e. The Balaban J connectivity index is 1.22. The van der Waals surface area contributed by atoms with Gasteiger partial charge >= 0.3 is 24.3 Å². The standard InChI is InChI=1S/C40H38F8N2O6/c41-31-23-27(17-19-29(31)39(43,44)45)53-33(25-9-3-1-4-10-25)13-7-15-35(49)55-37(51)21-22-38(52)56-36(50)16-8-14-34(26-11-5-2-6-12-26)54-28-18-20-30(32(42)24-28)40(46,47)48/h1-6,9-12,17-24,33-36H,7-8,13-16,49-50H2/b22-21+/t33-,34-,35?,36?/m0/s1. The molecule has 0 spiro atoms. The van der Waals surface area contributed by atoms with Gasteiger partial charge in [0, 0.05) is 24.3 Å². The van der Waals surface area contributed by atoms with Crippen molar-refractivity contribution in [2.75, 3.05) is 0 Å². The summed E-state index contributed by atoms with van der Waals surface area (Å²) in [6, 6.07) is 21.9. The summed E-state index contributed by atoms with van der Waals surface area (Å²) < 4.78 is 128. The predicted octanol–water partition coefficient (Wildman–Crippen LogP) is 9.50. The lowest BCUT2D eigenvalue weighted by Gasteiger charge is -2.21. The second-order valence-corrected chi connectivity index (χ2v) is 12.5. The number of alkyl halides is 6. The van der Waals surface area contributed by atoms with Gasteiger partial charge in [0.1, 0.15) is 35.3 Å². The molecule has 0 aliphatic carbocycles. The highest BCUT2D eigenvalue weighted by molar-refractivity contribution is 5.91. The molecule has 2 unspecified atom stereocenters. The Labute approximate surface area is 317 Å². The Hall–Kier alpha value is -5.48. The molecule has 16 heteroatoms. The van der Waals surface area contributed by atoms with Gasteiger partial charge in [-0.25, -0.2) is 18.4 Å². The highest BCUT2D eigenvalue weighted by Gasteiger charge is 2.35. The first-order valence-electron chi connectivity index (χ1n) is 17.3. The molecule has 4 rings (SSSR count). The summed E-state index contributed by atoms with van der Waals surface area (Å²) in [4.78, 5) is 24.6. The van der Waals surface area contributed by atoms with Crippen LogP contribution in [0.4, 0.5) is 35.1 Å². The van der Waals surface area contributed by atoms with Gasteiger partial charge in [0.15, 0.2) is 12.5 Å². The van der Waals surface area contributed by atoms with Crippen LogP contribution < -0.4 is 20.9 Å². The van der Waals surface area contributed by atoms with Crippen molar-refractivity contribution in [3.8, 4) is 11.5 Å². The van der Waals surface area contributed by atoms with Crippen LogP contribution in [-0.2, 0) is 31.4 Å². The number of nitrogens with two attached hydrogens (primary N) is 2. The minimum absolute atomic E-state index is 0.114. The summed E-state index contributed by atoms with van der Waals surface area (Å²) in [6.07, 6.45) is -10.3. The van der Waals surface area contributed by atoms with E-state index in [4.69, 9.17) is 30.4 Å². The van der Waals surface area contributed by atoms with Gasteiger partial charge in [-0.15, -0.1) is 0 Å². The summed E-state index contributed by atoms with van der Waals surface area (Å²) in [5, 5.41) is 0. The average molecular weight is 795 g/mol. The third kappa shape index (κ3) is 13.7. The highest BCUT2D eigenvalue weighted by Crippen LogP contribution is 2.36. The number of esters is 2. The van der Waals surface area contributed by atoms with Crippen LogP contribution in [0.25, 0.3) is 0 Å². The molecule has 0 heterocycles. The molecule has 0 saturated heterocycles. The zero-order valence-electron chi connectivity index (χ0n) is 29.6. The molecule has 8 nitrogen and oxygen atoms in total. The van der Waals surface area contributed by atoms with Crippen LogP contribution in [0.1, 0.15) is 73.0 Å². The molecular formula is C40H38F8N2O6. The Morgan fingerprint density at radius 1 is 0.554 bits per heavy atom. The first-order valence-corrected chi connectivity index (χ1v) is 17.3. The Bertz CT molecular complexity index is 1770. The lowest BCUT2D eigenvalue weighted by molar-refractivity contribution is -0.146. The SMILES string of the molecule is NC(CCC[C@H](Oc1ccc(C(F)(F)F)c(F)c1)c1ccccc1)OC(=O)/C=C/C(=O)OC(N)CCC[C@H](Oc1ccc(C(F)(F)F)c(F)c1)c1ccccc1. The fourth-order valence-corrected chi connectivity index (χ4v) is 5.49. The first-order chi connectivity index (χ1) is 26.5. The topological polar surface area (TPSA) is 123 Å². The predicted molar refractivity (Wildman–Crippen MR) is 187 cm³/mol. The maximum absolute atomic E-state index is 14.1. The molecule has 0 radical (unpaired) electrons. The monoisotopic (exact) mass is 794 g/mol. The zero-order valence-corrected chi connectivity index (χ0v) is 29.6. The molecule has 0 fully saturated rings. The summed E-state index contributed by atoms with van der Waals surface area (Å²) in [7, 11) is 0. The molecule has 56 heavy (non-hydrogen) atoms. The molecule has 0 amide bonds. The van der Waals surface area contributed by atoms with Crippen molar-refractivity contribution in [3.63, 3.8) is 0 Å². The molecular weight excluding hydrogens is 756 g/mol. The molecule has 4 aromatic carbocycles. The molecule has 4 aromatic rings. The van der Waals surface area contributed by atoms with Crippen molar-refractivity contribution >= 4 is 11.9 Å². The van der Waals surface area contributed by atoms with Crippen LogP contribution in [0.15, 0.2) is 109 Å². The summed E-state index contributed by atoms with van der Waals surface area (Å²) in [5.74, 6) is -5.10. The van der Waals surface area contributed by atoms with Crippen molar-refractivity contribution in [1.29, 1.82) is 0 Å². The van der Waals surface area contributed by atoms with Crippen molar-refractivity contribution in [3.05, 3.63) is 143 Å². The molecule has 0 aromatic heterocycles. The maximum Gasteiger partial charge on any atom is 0.419 e. The zero-order chi connectivity index (χ0) is 40.9. The lowest BCUT2D eigenvalue weighted by atomic mass is 10.0. The van der Waals surface area contributed by atoms with Gasteiger partial charge < -0.3 is 18.9 Å². The summed E-state index contributed by atoms with van der Waals surface area (Å²) in [5.41, 5.74) is 10.4. The number of rotatable bonds is 18. The van der Waals surface area contributed by atoms with Crippen molar-refractivity contribution < 1.29 is 63.7 Å². The lowest BCUT2D eigenvalue weighted by Crippen LogP contribution is -2.27. The number of benzene rings is 4. The number of ether oxygens (including phenoxy) is 4. The number of carbonyl (C=O) groups is 2. The van der Waals surface area contributed by atoms with E-state index in [0.29, 0.717) is 48.2 Å². The van der Waals surface area contributed by atoms with E-state index in [2.05, 4.69) is 0 Å². The quantitative estimate of drug-likeness (QED) is 0.0442. The molecule has 0 saturated carbocycles. The molecule has 0 bridgehead atoms. The number of hydrogen-bond donors (Lipinski definition) is 2. The largest absolute Gasteiger partial charge is 0.486 e. The number of hydrogen-bond acceptors (Lipinski definition) is 8. The highest BCUT2D eigenvalue weighted by atomic mass is 19.4. The fraction of sp³-hybridized carbons (Fsp3) is 0.300. The van der Waals surface area contributed by atoms with Gasteiger partial charge in [0.25, 0.3) is 0 Å². The van der Waals surface area contributed by atoms with E-state index in [1.54, 1.807) is 60.7 Å². The van der Waals surface area contributed by atoms with Crippen LogP contribution >= 0.6 is 0 Å². The summed E-state index contributed by atoms with van der Waals surface area (Å²) in [6.45, 7) is 0. The van der Waals surface area contributed by atoms with E-state index in [9.17, 15) is 44.7 Å². The van der Waals surface area contributed by atoms with E-state index in [1.165, 1.54) is 0 Å². The van der Waals surface area contributed by atoms with Gasteiger partial charge in [-0.2, -0.15) is 26.3 Å². The second kappa shape index (κ2) is 19.9. The third-order valence-electron chi connectivity index (χ3n) is 8.19. The Morgan fingerprint density at radius 2 is 0.911 bits per heavy atom. The normalized spacial score (nSPS) is 14.1. The van der Waals surface area contributed by atoms with Crippen LogP contribution in [0, 0.1) is 11.6 Å². The second-order valence-electron chi connectivity index (χ2n) is 12.5.